The lowest BCUT2D eigenvalue weighted by atomic mass is 9.98. The second-order valence-electron chi connectivity index (χ2n) is 3.98. The number of rotatable bonds is 3. The van der Waals surface area contributed by atoms with E-state index in [4.69, 9.17) is 12.2 Å². The number of nitrogens with one attached hydrogen (secondary N) is 1. The summed E-state index contributed by atoms with van der Waals surface area (Å²) < 4.78 is 2.41. The first-order chi connectivity index (χ1) is 6.50. The van der Waals surface area contributed by atoms with E-state index in [1.807, 2.05) is 4.57 Å². The van der Waals surface area contributed by atoms with Crippen molar-refractivity contribution in [3.8, 4) is 0 Å². The molecule has 1 N–H and O–H groups in total. The summed E-state index contributed by atoms with van der Waals surface area (Å²) in [6, 6.07) is 1.50. The van der Waals surface area contributed by atoms with Crippen molar-refractivity contribution in [1.82, 2.24) is 9.55 Å². The van der Waals surface area contributed by atoms with E-state index < -0.39 is 0 Å². The zero-order chi connectivity index (χ0) is 10.7. The molecule has 0 fully saturated rings. The van der Waals surface area contributed by atoms with Crippen molar-refractivity contribution < 1.29 is 0 Å². The van der Waals surface area contributed by atoms with E-state index in [1.165, 1.54) is 6.07 Å². The van der Waals surface area contributed by atoms with Gasteiger partial charge in [0.15, 0.2) is 4.77 Å². The van der Waals surface area contributed by atoms with Gasteiger partial charge in [-0.25, -0.2) is 0 Å². The highest BCUT2D eigenvalue weighted by molar-refractivity contribution is 7.71. The van der Waals surface area contributed by atoms with Crippen molar-refractivity contribution in [2.45, 2.75) is 27.3 Å². The molecule has 1 aromatic rings. The number of aromatic nitrogens is 2. The molecule has 0 saturated carbocycles. The Morgan fingerprint density at radius 1 is 1.50 bits per heavy atom. The molecule has 0 amide bonds. The van der Waals surface area contributed by atoms with E-state index in [1.54, 1.807) is 6.20 Å². The molecule has 14 heavy (non-hydrogen) atoms. The number of nitrogens with zero attached hydrogens (tertiary/aromatic N) is 1. The fraction of sp³-hybridized carbons (Fsp3) is 0.600. The normalized spacial score (nSPS) is 13.1. The van der Waals surface area contributed by atoms with Crippen LogP contribution in [-0.4, -0.2) is 9.55 Å². The van der Waals surface area contributed by atoms with Gasteiger partial charge in [0.25, 0.3) is 5.56 Å². The van der Waals surface area contributed by atoms with E-state index in [2.05, 4.69) is 25.8 Å². The minimum Gasteiger partial charge on any atom is -0.325 e. The Morgan fingerprint density at radius 2 is 2.14 bits per heavy atom. The van der Waals surface area contributed by atoms with Gasteiger partial charge >= 0.3 is 0 Å². The standard InChI is InChI=1S/C10H16N2OS/c1-7(2)8(3)6-12-5-4-9(13)11-10(12)14/h4-5,7-8H,6H2,1-3H3,(H,11,13,14). The second-order valence-corrected chi connectivity index (χ2v) is 4.37. The van der Waals surface area contributed by atoms with Gasteiger partial charge in [0, 0.05) is 18.8 Å². The summed E-state index contributed by atoms with van der Waals surface area (Å²) >= 11 is 5.05. The molecule has 4 heteroatoms. The molecule has 0 aliphatic heterocycles. The largest absolute Gasteiger partial charge is 0.325 e. The number of hydrogen-bond donors (Lipinski definition) is 1. The molecule has 1 unspecified atom stereocenters. The van der Waals surface area contributed by atoms with Gasteiger partial charge in [-0.05, 0) is 24.1 Å². The van der Waals surface area contributed by atoms with Crippen LogP contribution in [-0.2, 0) is 6.54 Å². The Kier molecular flexibility index (Phi) is 3.63. The smallest absolute Gasteiger partial charge is 0.251 e. The van der Waals surface area contributed by atoms with Crippen LogP contribution >= 0.6 is 12.2 Å². The van der Waals surface area contributed by atoms with Gasteiger partial charge in [-0.2, -0.15) is 0 Å². The maximum atomic E-state index is 10.9. The number of H-pyrrole nitrogens is 1. The zero-order valence-electron chi connectivity index (χ0n) is 8.78. The van der Waals surface area contributed by atoms with Gasteiger partial charge in [0.1, 0.15) is 0 Å². The SMILES string of the molecule is CC(C)C(C)Cn1ccc(=O)[nH]c1=S. The fourth-order valence-corrected chi connectivity index (χ4v) is 1.35. The lowest BCUT2D eigenvalue weighted by Gasteiger charge is -2.16. The molecule has 0 bridgehead atoms. The lowest BCUT2D eigenvalue weighted by Crippen LogP contribution is -2.17. The van der Waals surface area contributed by atoms with Gasteiger partial charge in [-0.3, -0.25) is 9.78 Å². The molecular weight excluding hydrogens is 196 g/mol. The Morgan fingerprint density at radius 3 is 2.64 bits per heavy atom. The highest BCUT2D eigenvalue weighted by atomic mass is 32.1. The topological polar surface area (TPSA) is 37.8 Å². The minimum absolute atomic E-state index is 0.136. The fourth-order valence-electron chi connectivity index (χ4n) is 1.11. The van der Waals surface area contributed by atoms with Crippen LogP contribution in [0.15, 0.2) is 17.1 Å². The second kappa shape index (κ2) is 4.55. The molecular formula is C10H16N2OS. The molecule has 0 aliphatic rings. The number of hydrogen-bond acceptors (Lipinski definition) is 2. The number of aromatic amines is 1. The van der Waals surface area contributed by atoms with E-state index in [0.29, 0.717) is 16.6 Å². The van der Waals surface area contributed by atoms with Crippen LogP contribution in [0.25, 0.3) is 0 Å². The Hall–Kier alpha value is -0.900. The summed E-state index contributed by atoms with van der Waals surface area (Å²) in [7, 11) is 0. The van der Waals surface area contributed by atoms with E-state index in [-0.39, 0.29) is 5.56 Å². The van der Waals surface area contributed by atoms with Crippen LogP contribution in [0.3, 0.4) is 0 Å². The van der Waals surface area contributed by atoms with E-state index >= 15 is 0 Å². The predicted octanol–water partition coefficient (Wildman–Crippen LogP) is 2.20. The van der Waals surface area contributed by atoms with Crippen LogP contribution in [0.1, 0.15) is 20.8 Å². The first-order valence-electron chi connectivity index (χ1n) is 4.80. The summed E-state index contributed by atoms with van der Waals surface area (Å²) in [4.78, 5) is 13.5. The molecule has 1 rings (SSSR count). The predicted molar refractivity (Wildman–Crippen MR) is 59.9 cm³/mol. The first-order valence-corrected chi connectivity index (χ1v) is 5.21. The van der Waals surface area contributed by atoms with Crippen LogP contribution in [0, 0.1) is 16.6 Å². The third-order valence-electron chi connectivity index (χ3n) is 2.52. The van der Waals surface area contributed by atoms with Gasteiger partial charge < -0.3 is 4.57 Å². The van der Waals surface area contributed by atoms with Gasteiger partial charge in [-0.15, -0.1) is 0 Å². The highest BCUT2D eigenvalue weighted by Crippen LogP contribution is 2.11. The van der Waals surface area contributed by atoms with Gasteiger partial charge in [-0.1, -0.05) is 20.8 Å². The van der Waals surface area contributed by atoms with Crippen molar-refractivity contribution in [2.75, 3.05) is 0 Å². The third-order valence-corrected chi connectivity index (χ3v) is 2.86. The minimum atomic E-state index is -0.136. The molecule has 0 spiro atoms. The summed E-state index contributed by atoms with van der Waals surface area (Å²) in [6.07, 6.45) is 1.75. The average Bonchev–Trinajstić information content (AvgIpc) is 2.09. The summed E-state index contributed by atoms with van der Waals surface area (Å²) in [5.41, 5.74) is -0.136. The molecule has 1 aromatic heterocycles. The highest BCUT2D eigenvalue weighted by Gasteiger charge is 2.07. The van der Waals surface area contributed by atoms with Crippen molar-refractivity contribution >= 4 is 12.2 Å². The first kappa shape index (κ1) is 11.2. The van der Waals surface area contributed by atoms with Gasteiger partial charge in [0.2, 0.25) is 0 Å². The molecule has 0 radical (unpaired) electrons. The maximum absolute atomic E-state index is 10.9. The van der Waals surface area contributed by atoms with Crippen molar-refractivity contribution in [3.05, 3.63) is 27.4 Å². The zero-order valence-corrected chi connectivity index (χ0v) is 9.60. The van der Waals surface area contributed by atoms with Crippen molar-refractivity contribution in [1.29, 1.82) is 0 Å². The molecule has 0 aliphatic carbocycles. The van der Waals surface area contributed by atoms with Crippen LogP contribution in [0.4, 0.5) is 0 Å². The van der Waals surface area contributed by atoms with Crippen molar-refractivity contribution in [3.63, 3.8) is 0 Å². The van der Waals surface area contributed by atoms with E-state index in [0.717, 1.165) is 6.54 Å². The molecule has 0 aromatic carbocycles. The maximum Gasteiger partial charge on any atom is 0.251 e. The van der Waals surface area contributed by atoms with Crippen LogP contribution in [0.2, 0.25) is 0 Å². The summed E-state index contributed by atoms with van der Waals surface area (Å²) in [5, 5.41) is 0. The van der Waals surface area contributed by atoms with Gasteiger partial charge in [0.05, 0.1) is 0 Å². The average molecular weight is 212 g/mol. The lowest BCUT2D eigenvalue weighted by molar-refractivity contribution is 0.360. The molecule has 0 saturated heterocycles. The third kappa shape index (κ3) is 2.80. The van der Waals surface area contributed by atoms with E-state index in [9.17, 15) is 4.79 Å². The quantitative estimate of drug-likeness (QED) is 0.780. The monoisotopic (exact) mass is 212 g/mol. The molecule has 1 heterocycles. The molecule has 78 valence electrons. The molecule has 1 atom stereocenters. The Balaban J connectivity index is 2.88. The molecule has 3 nitrogen and oxygen atoms in total. The summed E-state index contributed by atoms with van der Waals surface area (Å²) in [5.74, 6) is 1.16. The summed E-state index contributed by atoms with van der Waals surface area (Å²) in [6.45, 7) is 7.39. The Labute approximate surface area is 88.8 Å². The Bertz CT molecular complexity index is 405. The van der Waals surface area contributed by atoms with Crippen molar-refractivity contribution in [2.24, 2.45) is 11.8 Å². The van der Waals surface area contributed by atoms with Crippen LogP contribution in [0.5, 0.6) is 0 Å². The van der Waals surface area contributed by atoms with Crippen LogP contribution < -0.4 is 5.56 Å².